The molecule has 1 aromatic heterocycles. The molecule has 1 aromatic carbocycles. The molecule has 0 radical (unpaired) electrons. The van der Waals surface area contributed by atoms with Crippen LogP contribution in [0.5, 0.6) is 0 Å². The molecule has 3 N–H and O–H groups in total. The van der Waals surface area contributed by atoms with Crippen LogP contribution in [0.15, 0.2) is 18.2 Å². The van der Waals surface area contributed by atoms with Crippen molar-refractivity contribution in [1.29, 1.82) is 0 Å². The van der Waals surface area contributed by atoms with Gasteiger partial charge in [-0.25, -0.2) is 0 Å². The van der Waals surface area contributed by atoms with Crippen molar-refractivity contribution in [2.24, 2.45) is 17.8 Å². The summed E-state index contributed by atoms with van der Waals surface area (Å²) in [6.45, 7) is 8.08. The van der Waals surface area contributed by atoms with Gasteiger partial charge in [-0.15, -0.1) is 0 Å². The first-order valence-corrected chi connectivity index (χ1v) is 7.96. The molecule has 2 fully saturated rings. The van der Waals surface area contributed by atoms with Gasteiger partial charge in [0.15, 0.2) is 0 Å². The number of fused-ring (bicyclic) bond motifs is 2. The molecule has 0 bridgehead atoms. The third-order valence-electron chi connectivity index (χ3n) is 5.23. The Bertz CT molecular complexity index is 738. The van der Waals surface area contributed by atoms with Gasteiger partial charge in [0.05, 0.1) is 16.7 Å². The van der Waals surface area contributed by atoms with Crippen LogP contribution in [-0.2, 0) is 10.3 Å². The number of aromatic nitrogens is 2. The van der Waals surface area contributed by atoms with Crippen LogP contribution in [0.1, 0.15) is 25.1 Å². The maximum atomic E-state index is 12.6. The Hall–Kier alpha value is -1.88. The quantitative estimate of drug-likeness (QED) is 0.807. The van der Waals surface area contributed by atoms with E-state index < -0.39 is 5.54 Å². The third-order valence-corrected chi connectivity index (χ3v) is 5.23. The lowest BCUT2D eigenvalue weighted by atomic mass is 9.96. The summed E-state index contributed by atoms with van der Waals surface area (Å²) < 4.78 is 0. The summed E-state index contributed by atoms with van der Waals surface area (Å²) in [6, 6.07) is 6.16. The van der Waals surface area contributed by atoms with Gasteiger partial charge in [0.2, 0.25) is 5.91 Å². The van der Waals surface area contributed by atoms with Crippen LogP contribution >= 0.6 is 0 Å². The van der Waals surface area contributed by atoms with Gasteiger partial charge < -0.3 is 10.6 Å². The number of nitrogens with zero attached hydrogens (tertiary/aromatic N) is 1. The molecule has 2 aromatic rings. The molecule has 0 spiro atoms. The Morgan fingerprint density at radius 2 is 2.05 bits per heavy atom. The molecule has 1 saturated carbocycles. The van der Waals surface area contributed by atoms with Crippen LogP contribution in [0, 0.1) is 24.7 Å². The zero-order chi connectivity index (χ0) is 15.5. The van der Waals surface area contributed by atoms with Gasteiger partial charge in [-0.2, -0.15) is 5.10 Å². The van der Waals surface area contributed by atoms with Crippen molar-refractivity contribution in [2.75, 3.05) is 13.1 Å². The van der Waals surface area contributed by atoms with Crippen molar-refractivity contribution < 1.29 is 4.79 Å². The standard InChI is InChI=1S/C17H22N4O/c1-9-5-4-6-10-14(9)20-21-15(10)17(2,3)19-16(22)13-11-7-18-8-12(11)13/h4-6,11-13,18H,7-8H2,1-3H3,(H,19,22)(H,20,21)/t11-,12+,13+. The van der Waals surface area contributed by atoms with E-state index in [9.17, 15) is 4.79 Å². The van der Waals surface area contributed by atoms with Gasteiger partial charge in [0.25, 0.3) is 0 Å². The molecule has 1 aliphatic carbocycles. The SMILES string of the molecule is Cc1cccc2c(C(C)(C)NC(=O)[C@H]3[C@@H]4CNC[C@@H]43)n[nH]c12. The number of hydrogen-bond donors (Lipinski definition) is 3. The first-order valence-electron chi connectivity index (χ1n) is 7.96. The van der Waals surface area contributed by atoms with Crippen molar-refractivity contribution in [1.82, 2.24) is 20.8 Å². The largest absolute Gasteiger partial charge is 0.345 e. The van der Waals surface area contributed by atoms with Crippen LogP contribution in [0.4, 0.5) is 0 Å². The molecule has 1 saturated heterocycles. The van der Waals surface area contributed by atoms with E-state index in [-0.39, 0.29) is 11.8 Å². The van der Waals surface area contributed by atoms with E-state index in [4.69, 9.17) is 0 Å². The zero-order valence-corrected chi connectivity index (χ0v) is 13.2. The third kappa shape index (κ3) is 1.96. The van der Waals surface area contributed by atoms with Crippen molar-refractivity contribution in [3.05, 3.63) is 29.5 Å². The molecule has 5 heteroatoms. The first kappa shape index (κ1) is 13.8. The second-order valence-corrected chi connectivity index (χ2v) is 7.20. The van der Waals surface area contributed by atoms with Gasteiger partial charge >= 0.3 is 0 Å². The molecular weight excluding hydrogens is 276 g/mol. The number of carbonyl (C=O) groups is 1. The topological polar surface area (TPSA) is 69.8 Å². The van der Waals surface area contributed by atoms with Gasteiger partial charge in [-0.1, -0.05) is 18.2 Å². The number of carbonyl (C=O) groups excluding carboxylic acids is 1. The van der Waals surface area contributed by atoms with E-state index in [1.54, 1.807) is 0 Å². The fraction of sp³-hybridized carbons (Fsp3) is 0.529. The predicted molar refractivity (Wildman–Crippen MR) is 85.3 cm³/mol. The van der Waals surface area contributed by atoms with Crippen LogP contribution in [0.25, 0.3) is 10.9 Å². The second kappa shape index (κ2) is 4.56. The average Bonchev–Trinajstić information content (AvgIpc) is 2.85. The first-order chi connectivity index (χ1) is 10.5. The van der Waals surface area contributed by atoms with Gasteiger partial charge in [-0.05, 0) is 51.3 Å². The summed E-state index contributed by atoms with van der Waals surface area (Å²) in [5.74, 6) is 1.43. The summed E-state index contributed by atoms with van der Waals surface area (Å²) in [6.07, 6.45) is 0. The van der Waals surface area contributed by atoms with Crippen molar-refractivity contribution in [3.63, 3.8) is 0 Å². The molecule has 4 rings (SSSR count). The lowest BCUT2D eigenvalue weighted by Gasteiger charge is -2.25. The van der Waals surface area contributed by atoms with Crippen LogP contribution < -0.4 is 10.6 Å². The van der Waals surface area contributed by atoms with Gasteiger partial charge in [0, 0.05) is 11.3 Å². The molecule has 1 aliphatic heterocycles. The number of nitrogens with one attached hydrogen (secondary N) is 3. The summed E-state index contributed by atoms with van der Waals surface area (Å²) in [5.41, 5.74) is 2.64. The molecule has 116 valence electrons. The highest BCUT2D eigenvalue weighted by Gasteiger charge is 2.57. The van der Waals surface area contributed by atoms with E-state index in [0.29, 0.717) is 11.8 Å². The summed E-state index contributed by atoms with van der Waals surface area (Å²) in [4.78, 5) is 12.6. The Morgan fingerprint density at radius 1 is 1.32 bits per heavy atom. The number of amides is 1. The van der Waals surface area contributed by atoms with Gasteiger partial charge in [0.1, 0.15) is 0 Å². The monoisotopic (exact) mass is 298 g/mol. The minimum absolute atomic E-state index is 0.172. The lowest BCUT2D eigenvalue weighted by molar-refractivity contribution is -0.124. The predicted octanol–water partition coefficient (Wildman–Crippen LogP) is 1.69. The number of rotatable bonds is 3. The van der Waals surface area contributed by atoms with Crippen molar-refractivity contribution >= 4 is 16.8 Å². The molecule has 1 amide bonds. The van der Waals surface area contributed by atoms with Crippen LogP contribution in [-0.4, -0.2) is 29.2 Å². The normalized spacial score (nSPS) is 27.0. The highest BCUT2D eigenvalue weighted by molar-refractivity contribution is 5.87. The highest BCUT2D eigenvalue weighted by atomic mass is 16.2. The number of benzene rings is 1. The van der Waals surface area contributed by atoms with Gasteiger partial charge in [-0.3, -0.25) is 9.89 Å². The number of para-hydroxylation sites is 1. The van der Waals surface area contributed by atoms with Crippen LogP contribution in [0.3, 0.4) is 0 Å². The molecule has 2 heterocycles. The minimum Gasteiger partial charge on any atom is -0.345 e. The molecule has 5 nitrogen and oxygen atoms in total. The fourth-order valence-corrected chi connectivity index (χ4v) is 3.92. The van der Waals surface area contributed by atoms with E-state index in [2.05, 4.69) is 39.9 Å². The second-order valence-electron chi connectivity index (χ2n) is 7.20. The number of piperidine rings is 1. The Labute approximate surface area is 129 Å². The van der Waals surface area contributed by atoms with Crippen LogP contribution in [0.2, 0.25) is 0 Å². The van der Waals surface area contributed by atoms with Crippen molar-refractivity contribution in [2.45, 2.75) is 26.3 Å². The maximum absolute atomic E-state index is 12.6. The molecule has 3 atom stereocenters. The maximum Gasteiger partial charge on any atom is 0.224 e. The summed E-state index contributed by atoms with van der Waals surface area (Å²) in [7, 11) is 0. The van der Waals surface area contributed by atoms with E-state index in [0.717, 1.165) is 29.7 Å². The summed E-state index contributed by atoms with van der Waals surface area (Å²) in [5, 5.41) is 15.2. The average molecular weight is 298 g/mol. The molecule has 0 unspecified atom stereocenters. The van der Waals surface area contributed by atoms with E-state index in [1.165, 1.54) is 5.56 Å². The highest BCUT2D eigenvalue weighted by Crippen LogP contribution is 2.49. The molecule has 2 aliphatic rings. The number of hydrogen-bond acceptors (Lipinski definition) is 3. The van der Waals surface area contributed by atoms with E-state index >= 15 is 0 Å². The number of aryl methyl sites for hydroxylation is 1. The smallest absolute Gasteiger partial charge is 0.224 e. The minimum atomic E-state index is -0.479. The number of aromatic amines is 1. The Morgan fingerprint density at radius 3 is 2.77 bits per heavy atom. The lowest BCUT2D eigenvalue weighted by Crippen LogP contribution is -2.43. The molecular formula is C17H22N4O. The number of H-pyrrole nitrogens is 1. The zero-order valence-electron chi connectivity index (χ0n) is 13.2. The Kier molecular flexibility index (Phi) is 2.85. The van der Waals surface area contributed by atoms with Crippen molar-refractivity contribution in [3.8, 4) is 0 Å². The Balaban J connectivity index is 1.59. The van der Waals surface area contributed by atoms with E-state index in [1.807, 2.05) is 19.9 Å². The summed E-state index contributed by atoms with van der Waals surface area (Å²) >= 11 is 0. The molecule has 22 heavy (non-hydrogen) atoms. The fourth-order valence-electron chi connectivity index (χ4n) is 3.92.